The van der Waals surface area contributed by atoms with Gasteiger partial charge >= 0.3 is 6.18 Å². The first-order valence-corrected chi connectivity index (χ1v) is 7.60. The van der Waals surface area contributed by atoms with E-state index in [9.17, 15) is 18.0 Å². The van der Waals surface area contributed by atoms with E-state index in [0.717, 1.165) is 17.0 Å². The van der Waals surface area contributed by atoms with Gasteiger partial charge in [0.15, 0.2) is 0 Å². The monoisotopic (exact) mass is 346 g/mol. The summed E-state index contributed by atoms with van der Waals surface area (Å²) in [6.45, 7) is 0. The highest BCUT2D eigenvalue weighted by molar-refractivity contribution is 7.98. The predicted molar refractivity (Wildman–Crippen MR) is 80.4 cm³/mol. The highest BCUT2D eigenvalue weighted by Gasteiger charge is 2.33. The lowest BCUT2D eigenvalue weighted by atomic mass is 10.2. The van der Waals surface area contributed by atoms with Crippen LogP contribution in [0.15, 0.2) is 41.3 Å². The molecule has 0 fully saturated rings. The molecule has 0 aliphatic heterocycles. The van der Waals surface area contributed by atoms with Crippen molar-refractivity contribution >= 4 is 35.0 Å². The molecule has 1 amide bonds. The van der Waals surface area contributed by atoms with E-state index in [1.807, 2.05) is 12.3 Å². The van der Waals surface area contributed by atoms with E-state index in [-0.39, 0.29) is 5.56 Å². The van der Waals surface area contributed by atoms with Gasteiger partial charge in [0.2, 0.25) is 0 Å². The number of halogens is 4. The lowest BCUT2D eigenvalue weighted by Crippen LogP contribution is -2.15. The van der Waals surface area contributed by atoms with E-state index < -0.39 is 22.9 Å². The van der Waals surface area contributed by atoms with Gasteiger partial charge in [-0.15, -0.1) is 11.8 Å². The summed E-state index contributed by atoms with van der Waals surface area (Å²) in [5, 5.41) is 2.08. The third-order valence-electron chi connectivity index (χ3n) is 2.71. The van der Waals surface area contributed by atoms with Gasteiger partial charge in [0.1, 0.15) is 10.8 Å². The third kappa shape index (κ3) is 3.92. The van der Waals surface area contributed by atoms with Crippen LogP contribution in [0.25, 0.3) is 0 Å². The molecular weight excluding hydrogens is 337 g/mol. The molecule has 3 nitrogen and oxygen atoms in total. The van der Waals surface area contributed by atoms with Crippen LogP contribution in [0.2, 0.25) is 5.15 Å². The number of carbonyl (C=O) groups excluding carboxylic acids is 1. The Bertz CT molecular complexity index is 707. The fourth-order valence-corrected chi connectivity index (χ4v) is 2.36. The molecule has 1 aromatic heterocycles. The molecule has 1 heterocycles. The molecule has 0 spiro atoms. The second-order valence-corrected chi connectivity index (χ2v) is 5.46. The number of pyridine rings is 1. The van der Waals surface area contributed by atoms with Gasteiger partial charge in [-0.1, -0.05) is 17.7 Å². The molecule has 0 saturated carbocycles. The molecule has 1 aromatic carbocycles. The summed E-state index contributed by atoms with van der Waals surface area (Å²) in [6, 6.07) is 8.77. The summed E-state index contributed by atoms with van der Waals surface area (Å²) in [7, 11) is 0. The molecule has 0 atom stereocenters. The Kier molecular flexibility index (Phi) is 4.97. The van der Waals surface area contributed by atoms with Gasteiger partial charge in [0, 0.05) is 10.6 Å². The average Bonchev–Trinajstić information content (AvgIpc) is 2.46. The van der Waals surface area contributed by atoms with E-state index in [1.54, 1.807) is 18.2 Å². The standard InChI is InChI=1S/C14H10ClF3N2OS/c1-22-9-4-2-3-8(7-9)19-13(21)10-5-6-11(14(16,17)18)20-12(10)15/h2-7H,1H3,(H,19,21). The summed E-state index contributed by atoms with van der Waals surface area (Å²) < 4.78 is 37.5. The van der Waals surface area contributed by atoms with Crippen molar-refractivity contribution in [1.82, 2.24) is 4.98 Å². The number of nitrogens with zero attached hydrogens (tertiary/aromatic N) is 1. The normalized spacial score (nSPS) is 11.3. The molecule has 116 valence electrons. The van der Waals surface area contributed by atoms with Crippen LogP contribution in [0.1, 0.15) is 16.1 Å². The van der Waals surface area contributed by atoms with Crippen LogP contribution in [0, 0.1) is 0 Å². The number of hydrogen-bond acceptors (Lipinski definition) is 3. The molecule has 0 unspecified atom stereocenters. The molecule has 8 heteroatoms. The number of hydrogen-bond donors (Lipinski definition) is 1. The number of carbonyl (C=O) groups is 1. The molecule has 0 saturated heterocycles. The number of nitrogens with one attached hydrogen (secondary N) is 1. The molecule has 22 heavy (non-hydrogen) atoms. The van der Waals surface area contributed by atoms with Gasteiger partial charge in [-0.05, 0) is 36.6 Å². The molecule has 0 aliphatic rings. The number of benzene rings is 1. The van der Waals surface area contributed by atoms with Crippen molar-refractivity contribution in [1.29, 1.82) is 0 Å². The second kappa shape index (κ2) is 6.58. The lowest BCUT2D eigenvalue weighted by molar-refractivity contribution is -0.141. The van der Waals surface area contributed by atoms with E-state index >= 15 is 0 Å². The number of thioether (sulfide) groups is 1. The molecule has 2 aromatic rings. The molecule has 0 radical (unpaired) electrons. The minimum atomic E-state index is -4.61. The minimum Gasteiger partial charge on any atom is -0.322 e. The molecular formula is C14H10ClF3N2OS. The van der Waals surface area contributed by atoms with Crippen LogP contribution >= 0.6 is 23.4 Å². The number of rotatable bonds is 3. The predicted octanol–water partition coefficient (Wildman–Crippen LogP) is 4.73. The van der Waals surface area contributed by atoms with Gasteiger partial charge in [0.05, 0.1) is 5.56 Å². The third-order valence-corrected chi connectivity index (χ3v) is 3.72. The van der Waals surface area contributed by atoms with Gasteiger partial charge in [-0.3, -0.25) is 4.79 Å². The van der Waals surface area contributed by atoms with E-state index in [0.29, 0.717) is 5.69 Å². The fourth-order valence-electron chi connectivity index (χ4n) is 1.66. The topological polar surface area (TPSA) is 42.0 Å². The zero-order valence-corrected chi connectivity index (χ0v) is 12.8. The summed E-state index contributed by atoms with van der Waals surface area (Å²) >= 11 is 7.18. The number of anilines is 1. The minimum absolute atomic E-state index is 0.121. The van der Waals surface area contributed by atoms with Crippen LogP contribution in [-0.2, 0) is 6.18 Å². The Balaban J connectivity index is 2.22. The summed E-state index contributed by atoms with van der Waals surface area (Å²) in [5.41, 5.74) is -0.740. The van der Waals surface area contributed by atoms with Gasteiger partial charge in [0.25, 0.3) is 5.91 Å². The van der Waals surface area contributed by atoms with Crippen molar-refractivity contribution < 1.29 is 18.0 Å². The first-order chi connectivity index (χ1) is 10.3. The van der Waals surface area contributed by atoms with Gasteiger partial charge in [-0.25, -0.2) is 4.98 Å². The maximum Gasteiger partial charge on any atom is 0.433 e. The maximum atomic E-state index is 12.5. The first kappa shape index (κ1) is 16.6. The van der Waals surface area contributed by atoms with E-state index in [4.69, 9.17) is 11.6 Å². The molecule has 1 N–H and O–H groups in total. The SMILES string of the molecule is CSc1cccc(NC(=O)c2ccc(C(F)(F)F)nc2Cl)c1. The quantitative estimate of drug-likeness (QED) is 0.645. The van der Waals surface area contributed by atoms with Crippen molar-refractivity contribution in [3.8, 4) is 0 Å². The Hall–Kier alpha value is -1.73. The van der Waals surface area contributed by atoms with Crippen molar-refractivity contribution in [2.75, 3.05) is 11.6 Å². The summed E-state index contributed by atoms with van der Waals surface area (Å²) in [5.74, 6) is -0.621. The number of aromatic nitrogens is 1. The molecule has 2 rings (SSSR count). The Morgan fingerprint density at radius 2 is 2.00 bits per heavy atom. The lowest BCUT2D eigenvalue weighted by Gasteiger charge is -2.10. The molecule has 0 aliphatic carbocycles. The van der Waals surface area contributed by atoms with Gasteiger partial charge < -0.3 is 5.32 Å². The van der Waals surface area contributed by atoms with Crippen molar-refractivity contribution in [3.05, 3.63) is 52.8 Å². The Morgan fingerprint density at radius 1 is 1.27 bits per heavy atom. The fraction of sp³-hybridized carbons (Fsp3) is 0.143. The van der Waals surface area contributed by atoms with E-state index in [2.05, 4.69) is 10.3 Å². The van der Waals surface area contributed by atoms with Crippen molar-refractivity contribution in [3.63, 3.8) is 0 Å². The van der Waals surface area contributed by atoms with Crippen LogP contribution in [0.3, 0.4) is 0 Å². The summed E-state index contributed by atoms with van der Waals surface area (Å²) in [4.78, 5) is 16.2. The van der Waals surface area contributed by atoms with Crippen molar-refractivity contribution in [2.45, 2.75) is 11.1 Å². The smallest absolute Gasteiger partial charge is 0.322 e. The highest BCUT2D eigenvalue weighted by atomic mass is 35.5. The second-order valence-electron chi connectivity index (χ2n) is 4.22. The Morgan fingerprint density at radius 3 is 2.59 bits per heavy atom. The summed E-state index contributed by atoms with van der Waals surface area (Å²) in [6.07, 6.45) is -2.72. The zero-order valence-electron chi connectivity index (χ0n) is 11.2. The number of amides is 1. The average molecular weight is 347 g/mol. The highest BCUT2D eigenvalue weighted by Crippen LogP contribution is 2.29. The van der Waals surface area contributed by atoms with Crippen LogP contribution in [0.4, 0.5) is 18.9 Å². The Labute approximate surface area is 133 Å². The van der Waals surface area contributed by atoms with Crippen molar-refractivity contribution in [2.24, 2.45) is 0 Å². The largest absolute Gasteiger partial charge is 0.433 e. The van der Waals surface area contributed by atoms with Crippen LogP contribution in [0.5, 0.6) is 0 Å². The number of alkyl halides is 3. The zero-order chi connectivity index (χ0) is 16.3. The maximum absolute atomic E-state index is 12.5. The van der Waals surface area contributed by atoms with Crippen LogP contribution in [-0.4, -0.2) is 17.1 Å². The first-order valence-electron chi connectivity index (χ1n) is 6.00. The van der Waals surface area contributed by atoms with Gasteiger partial charge in [-0.2, -0.15) is 13.2 Å². The van der Waals surface area contributed by atoms with E-state index in [1.165, 1.54) is 11.8 Å². The molecule has 0 bridgehead atoms. The van der Waals surface area contributed by atoms with Crippen LogP contribution < -0.4 is 5.32 Å².